The van der Waals surface area contributed by atoms with E-state index in [4.69, 9.17) is 16.6 Å². The molecule has 0 spiro atoms. The van der Waals surface area contributed by atoms with Gasteiger partial charge in [0.2, 0.25) is 0 Å². The first kappa shape index (κ1) is 16.2. The molecule has 0 saturated heterocycles. The molecule has 0 N–H and O–H groups in total. The number of aromatic nitrogens is 2. The Morgan fingerprint density at radius 1 is 1.13 bits per heavy atom. The molecule has 3 nitrogen and oxygen atoms in total. The molecule has 0 atom stereocenters. The standard InChI is InChI=1S/C19H22ClN3/c1-2-3-11-23-12-9-16-17(10-13-23)21-18(22-19(16)20)14-15-7-5-4-6-8-15/h2,4-8H,1,3,9-14H2. The Kier molecular flexibility index (Phi) is 5.42. The van der Waals surface area contributed by atoms with Gasteiger partial charge in [-0.1, -0.05) is 48.0 Å². The Morgan fingerprint density at radius 3 is 2.70 bits per heavy atom. The summed E-state index contributed by atoms with van der Waals surface area (Å²) in [6, 6.07) is 10.3. The third-order valence-corrected chi connectivity index (χ3v) is 4.60. The molecule has 3 rings (SSSR count). The number of hydrogen-bond acceptors (Lipinski definition) is 3. The first-order valence-electron chi connectivity index (χ1n) is 8.17. The van der Waals surface area contributed by atoms with E-state index in [1.165, 1.54) is 5.56 Å². The Morgan fingerprint density at radius 2 is 1.91 bits per heavy atom. The van der Waals surface area contributed by atoms with E-state index in [2.05, 4.69) is 28.6 Å². The molecule has 0 bridgehead atoms. The third-order valence-electron chi connectivity index (χ3n) is 4.29. The fourth-order valence-corrected chi connectivity index (χ4v) is 3.30. The van der Waals surface area contributed by atoms with Gasteiger partial charge in [-0.25, -0.2) is 9.97 Å². The van der Waals surface area contributed by atoms with Gasteiger partial charge in [0.15, 0.2) is 0 Å². The van der Waals surface area contributed by atoms with Crippen LogP contribution in [-0.4, -0.2) is 34.5 Å². The van der Waals surface area contributed by atoms with Crippen LogP contribution in [0.2, 0.25) is 5.15 Å². The fourth-order valence-electron chi connectivity index (χ4n) is 3.00. The lowest BCUT2D eigenvalue weighted by molar-refractivity contribution is 0.293. The van der Waals surface area contributed by atoms with Gasteiger partial charge < -0.3 is 4.90 Å². The van der Waals surface area contributed by atoms with Gasteiger partial charge in [-0.15, -0.1) is 6.58 Å². The minimum atomic E-state index is 0.631. The Bertz CT molecular complexity index is 670. The lowest BCUT2D eigenvalue weighted by Crippen LogP contribution is -2.27. The smallest absolute Gasteiger partial charge is 0.136 e. The molecule has 120 valence electrons. The van der Waals surface area contributed by atoms with Crippen LogP contribution in [0.5, 0.6) is 0 Å². The second-order valence-corrected chi connectivity index (χ2v) is 6.30. The maximum absolute atomic E-state index is 6.45. The number of benzene rings is 1. The topological polar surface area (TPSA) is 29.0 Å². The summed E-state index contributed by atoms with van der Waals surface area (Å²) in [6.07, 6.45) is 5.60. The summed E-state index contributed by atoms with van der Waals surface area (Å²) in [5.74, 6) is 0.819. The molecular formula is C19H22ClN3. The van der Waals surface area contributed by atoms with Crippen molar-refractivity contribution in [2.75, 3.05) is 19.6 Å². The molecular weight excluding hydrogens is 306 g/mol. The van der Waals surface area contributed by atoms with Gasteiger partial charge in [0, 0.05) is 38.0 Å². The molecule has 1 aliphatic heterocycles. The van der Waals surface area contributed by atoms with Crippen molar-refractivity contribution in [3.63, 3.8) is 0 Å². The molecule has 4 heteroatoms. The van der Waals surface area contributed by atoms with Crippen molar-refractivity contribution >= 4 is 11.6 Å². The van der Waals surface area contributed by atoms with Crippen molar-refractivity contribution in [3.8, 4) is 0 Å². The van der Waals surface area contributed by atoms with Crippen molar-refractivity contribution in [1.29, 1.82) is 0 Å². The highest BCUT2D eigenvalue weighted by atomic mass is 35.5. The summed E-state index contributed by atoms with van der Waals surface area (Å²) >= 11 is 6.45. The molecule has 1 aliphatic rings. The molecule has 0 saturated carbocycles. The molecule has 0 unspecified atom stereocenters. The minimum Gasteiger partial charge on any atom is -0.302 e. The molecule has 0 amide bonds. The van der Waals surface area contributed by atoms with E-state index in [9.17, 15) is 0 Å². The first-order chi connectivity index (χ1) is 11.3. The normalized spacial score (nSPS) is 15.0. The van der Waals surface area contributed by atoms with Crippen LogP contribution in [0.1, 0.15) is 29.1 Å². The lowest BCUT2D eigenvalue weighted by atomic mass is 10.1. The summed E-state index contributed by atoms with van der Waals surface area (Å²) in [5.41, 5.74) is 3.46. The van der Waals surface area contributed by atoms with Crippen LogP contribution in [0, 0.1) is 0 Å². The van der Waals surface area contributed by atoms with Gasteiger partial charge >= 0.3 is 0 Å². The SMILES string of the molecule is C=CCCN1CCc2nc(Cc3ccccc3)nc(Cl)c2CC1. The van der Waals surface area contributed by atoms with Gasteiger partial charge in [-0.2, -0.15) is 0 Å². The van der Waals surface area contributed by atoms with E-state index in [0.717, 1.165) is 62.4 Å². The average Bonchev–Trinajstić information content (AvgIpc) is 2.77. The van der Waals surface area contributed by atoms with Gasteiger partial charge in [-0.05, 0) is 18.4 Å². The number of fused-ring (bicyclic) bond motifs is 1. The van der Waals surface area contributed by atoms with Crippen LogP contribution in [0.4, 0.5) is 0 Å². The Hall–Kier alpha value is -1.71. The monoisotopic (exact) mass is 327 g/mol. The molecule has 1 aromatic carbocycles. The highest BCUT2D eigenvalue weighted by Gasteiger charge is 2.19. The summed E-state index contributed by atoms with van der Waals surface area (Å²) in [4.78, 5) is 11.8. The van der Waals surface area contributed by atoms with Crippen molar-refractivity contribution in [3.05, 3.63) is 70.8 Å². The molecule has 1 aromatic heterocycles. The molecule has 2 heterocycles. The molecule has 0 radical (unpaired) electrons. The van der Waals surface area contributed by atoms with Crippen molar-refractivity contribution in [2.24, 2.45) is 0 Å². The predicted molar refractivity (Wildman–Crippen MR) is 95.0 cm³/mol. The lowest BCUT2D eigenvalue weighted by Gasteiger charge is -2.18. The quantitative estimate of drug-likeness (QED) is 0.619. The molecule has 23 heavy (non-hydrogen) atoms. The van der Waals surface area contributed by atoms with Gasteiger partial charge in [0.25, 0.3) is 0 Å². The second kappa shape index (κ2) is 7.71. The highest BCUT2D eigenvalue weighted by molar-refractivity contribution is 6.30. The first-order valence-corrected chi connectivity index (χ1v) is 8.55. The summed E-state index contributed by atoms with van der Waals surface area (Å²) in [7, 11) is 0. The van der Waals surface area contributed by atoms with Gasteiger partial charge in [0.05, 0.1) is 5.69 Å². The van der Waals surface area contributed by atoms with Gasteiger partial charge in [0.1, 0.15) is 11.0 Å². The van der Waals surface area contributed by atoms with Crippen molar-refractivity contribution in [2.45, 2.75) is 25.7 Å². The van der Waals surface area contributed by atoms with E-state index < -0.39 is 0 Å². The zero-order valence-electron chi connectivity index (χ0n) is 13.3. The van der Waals surface area contributed by atoms with Crippen molar-refractivity contribution in [1.82, 2.24) is 14.9 Å². The van der Waals surface area contributed by atoms with E-state index in [0.29, 0.717) is 5.15 Å². The fraction of sp³-hybridized carbons (Fsp3) is 0.368. The number of hydrogen-bond donors (Lipinski definition) is 0. The number of rotatable bonds is 5. The van der Waals surface area contributed by atoms with E-state index in [1.54, 1.807) is 0 Å². The van der Waals surface area contributed by atoms with Crippen LogP contribution >= 0.6 is 11.6 Å². The number of nitrogens with zero attached hydrogens (tertiary/aromatic N) is 3. The van der Waals surface area contributed by atoms with E-state index in [-0.39, 0.29) is 0 Å². The third kappa shape index (κ3) is 4.18. The highest BCUT2D eigenvalue weighted by Crippen LogP contribution is 2.22. The zero-order valence-corrected chi connectivity index (χ0v) is 14.1. The van der Waals surface area contributed by atoms with Gasteiger partial charge in [-0.3, -0.25) is 0 Å². The van der Waals surface area contributed by atoms with Crippen LogP contribution in [0.15, 0.2) is 43.0 Å². The number of halogens is 1. The van der Waals surface area contributed by atoms with Crippen molar-refractivity contribution < 1.29 is 0 Å². The molecule has 0 fully saturated rings. The Labute approximate surface area is 143 Å². The Balaban J connectivity index is 1.77. The van der Waals surface area contributed by atoms with Crippen LogP contribution in [0.25, 0.3) is 0 Å². The summed E-state index contributed by atoms with van der Waals surface area (Å²) < 4.78 is 0. The second-order valence-electron chi connectivity index (χ2n) is 5.94. The zero-order chi connectivity index (χ0) is 16.1. The maximum Gasteiger partial charge on any atom is 0.136 e. The predicted octanol–water partition coefficient (Wildman–Crippen LogP) is 3.70. The largest absolute Gasteiger partial charge is 0.302 e. The minimum absolute atomic E-state index is 0.631. The summed E-state index contributed by atoms with van der Waals surface area (Å²) in [6.45, 7) is 6.90. The van der Waals surface area contributed by atoms with E-state index in [1.807, 2.05) is 24.3 Å². The average molecular weight is 328 g/mol. The van der Waals surface area contributed by atoms with Crippen LogP contribution in [0.3, 0.4) is 0 Å². The van der Waals surface area contributed by atoms with Crippen LogP contribution < -0.4 is 0 Å². The maximum atomic E-state index is 6.45. The molecule has 2 aromatic rings. The van der Waals surface area contributed by atoms with E-state index >= 15 is 0 Å². The summed E-state index contributed by atoms with van der Waals surface area (Å²) in [5, 5.41) is 0.631. The van der Waals surface area contributed by atoms with Crippen LogP contribution in [-0.2, 0) is 19.3 Å². The molecule has 0 aliphatic carbocycles.